The third-order valence-corrected chi connectivity index (χ3v) is 1.88. The Kier molecular flexibility index (Phi) is 3.01. The third kappa shape index (κ3) is 2.86. The van der Waals surface area contributed by atoms with Crippen molar-refractivity contribution in [3.8, 4) is 0 Å². The van der Waals surface area contributed by atoms with Crippen LogP contribution in [0.15, 0.2) is 18.5 Å². The van der Waals surface area contributed by atoms with Crippen LogP contribution in [0.4, 0.5) is 0 Å². The number of nitrogens with two attached hydrogens (primary N) is 1. The van der Waals surface area contributed by atoms with Gasteiger partial charge >= 0.3 is 0 Å². The molecule has 0 spiro atoms. The first-order valence-electron chi connectivity index (χ1n) is 4.36. The molecule has 1 aromatic rings. The fraction of sp³-hybridized carbons (Fsp3) is 0.400. The summed E-state index contributed by atoms with van der Waals surface area (Å²) in [5, 5.41) is 7.16. The molecule has 1 heterocycles. The minimum atomic E-state index is 0.183. The summed E-state index contributed by atoms with van der Waals surface area (Å²) in [6, 6.07) is 2.05. The standard InChI is InChI=1S/C10H15N3/c1-7(2)9-3-8(4-10(11)12)5-13-6-9/h3,5-7H,4H2,1-2H3,(H3,11,12). The Morgan fingerprint density at radius 2 is 2.23 bits per heavy atom. The predicted molar refractivity (Wildman–Crippen MR) is 53.9 cm³/mol. The van der Waals surface area contributed by atoms with E-state index in [1.165, 1.54) is 5.56 Å². The molecule has 0 aliphatic rings. The summed E-state index contributed by atoms with van der Waals surface area (Å²) < 4.78 is 0. The van der Waals surface area contributed by atoms with Gasteiger partial charge < -0.3 is 5.73 Å². The van der Waals surface area contributed by atoms with Crippen molar-refractivity contribution in [2.24, 2.45) is 5.73 Å². The summed E-state index contributed by atoms with van der Waals surface area (Å²) in [5.41, 5.74) is 7.51. The van der Waals surface area contributed by atoms with Crippen molar-refractivity contribution in [3.63, 3.8) is 0 Å². The molecule has 0 unspecified atom stereocenters. The molecule has 3 heteroatoms. The summed E-state index contributed by atoms with van der Waals surface area (Å²) in [5.74, 6) is 0.655. The molecule has 3 nitrogen and oxygen atoms in total. The molecular weight excluding hydrogens is 162 g/mol. The molecule has 0 aliphatic heterocycles. The zero-order chi connectivity index (χ0) is 9.84. The van der Waals surface area contributed by atoms with Crippen LogP contribution in [0.2, 0.25) is 0 Å². The Labute approximate surface area is 78.5 Å². The molecule has 0 saturated heterocycles. The second-order valence-electron chi connectivity index (χ2n) is 3.48. The van der Waals surface area contributed by atoms with Gasteiger partial charge in [-0.3, -0.25) is 10.4 Å². The van der Waals surface area contributed by atoms with Crippen LogP contribution in [-0.4, -0.2) is 10.8 Å². The number of nitrogens with one attached hydrogen (secondary N) is 1. The minimum Gasteiger partial charge on any atom is -0.387 e. The minimum absolute atomic E-state index is 0.183. The van der Waals surface area contributed by atoms with E-state index in [0.29, 0.717) is 12.3 Å². The Bertz CT molecular complexity index is 305. The molecule has 1 aromatic heterocycles. The molecule has 13 heavy (non-hydrogen) atoms. The summed E-state index contributed by atoms with van der Waals surface area (Å²) in [7, 11) is 0. The summed E-state index contributed by atoms with van der Waals surface area (Å²) in [4.78, 5) is 4.11. The number of amidine groups is 1. The number of hydrogen-bond acceptors (Lipinski definition) is 2. The van der Waals surface area contributed by atoms with E-state index < -0.39 is 0 Å². The maximum Gasteiger partial charge on any atom is 0.0950 e. The number of aromatic nitrogens is 1. The second-order valence-corrected chi connectivity index (χ2v) is 3.48. The lowest BCUT2D eigenvalue weighted by molar-refractivity contribution is 0.854. The van der Waals surface area contributed by atoms with E-state index in [1.54, 1.807) is 6.20 Å². The Balaban J connectivity index is 2.85. The largest absolute Gasteiger partial charge is 0.387 e. The number of rotatable bonds is 3. The highest BCUT2D eigenvalue weighted by atomic mass is 14.7. The van der Waals surface area contributed by atoms with Crippen molar-refractivity contribution in [2.75, 3.05) is 0 Å². The lowest BCUT2D eigenvalue weighted by Crippen LogP contribution is -2.13. The van der Waals surface area contributed by atoms with Gasteiger partial charge in [-0.2, -0.15) is 0 Å². The smallest absolute Gasteiger partial charge is 0.0950 e. The second kappa shape index (κ2) is 4.03. The third-order valence-electron chi connectivity index (χ3n) is 1.88. The fourth-order valence-electron chi connectivity index (χ4n) is 1.14. The van der Waals surface area contributed by atoms with Crippen LogP contribution in [-0.2, 0) is 6.42 Å². The first kappa shape index (κ1) is 9.71. The monoisotopic (exact) mass is 177 g/mol. The molecule has 0 bridgehead atoms. The first-order chi connectivity index (χ1) is 6.09. The van der Waals surface area contributed by atoms with E-state index in [9.17, 15) is 0 Å². The lowest BCUT2D eigenvalue weighted by atomic mass is 10.0. The van der Waals surface area contributed by atoms with Crippen LogP contribution in [0.1, 0.15) is 30.9 Å². The molecule has 0 amide bonds. The van der Waals surface area contributed by atoms with Crippen LogP contribution < -0.4 is 5.73 Å². The topological polar surface area (TPSA) is 62.8 Å². The number of nitrogens with zero attached hydrogens (tertiary/aromatic N) is 1. The van der Waals surface area contributed by atoms with Crippen molar-refractivity contribution in [3.05, 3.63) is 29.6 Å². The van der Waals surface area contributed by atoms with Crippen molar-refractivity contribution in [1.29, 1.82) is 5.41 Å². The van der Waals surface area contributed by atoms with Crippen molar-refractivity contribution in [1.82, 2.24) is 4.98 Å². The number of hydrogen-bond donors (Lipinski definition) is 2. The van der Waals surface area contributed by atoms with Crippen LogP contribution >= 0.6 is 0 Å². The van der Waals surface area contributed by atoms with Gasteiger partial charge in [0.1, 0.15) is 0 Å². The Hall–Kier alpha value is -1.38. The average Bonchev–Trinajstić information content (AvgIpc) is 2.03. The van der Waals surface area contributed by atoms with Gasteiger partial charge in [-0.05, 0) is 17.0 Å². The van der Waals surface area contributed by atoms with E-state index in [4.69, 9.17) is 11.1 Å². The van der Waals surface area contributed by atoms with Crippen molar-refractivity contribution in [2.45, 2.75) is 26.2 Å². The van der Waals surface area contributed by atoms with E-state index in [2.05, 4.69) is 24.9 Å². The summed E-state index contributed by atoms with van der Waals surface area (Å²) >= 11 is 0. The Morgan fingerprint density at radius 3 is 2.77 bits per heavy atom. The quantitative estimate of drug-likeness (QED) is 0.545. The normalized spacial score (nSPS) is 10.4. The zero-order valence-electron chi connectivity index (χ0n) is 8.04. The van der Waals surface area contributed by atoms with E-state index in [0.717, 1.165) is 5.56 Å². The van der Waals surface area contributed by atoms with Crippen LogP contribution in [0.5, 0.6) is 0 Å². The van der Waals surface area contributed by atoms with Crippen LogP contribution in [0.25, 0.3) is 0 Å². The van der Waals surface area contributed by atoms with Gasteiger partial charge in [0.05, 0.1) is 5.84 Å². The van der Waals surface area contributed by atoms with E-state index >= 15 is 0 Å². The maximum absolute atomic E-state index is 7.16. The highest BCUT2D eigenvalue weighted by Crippen LogP contribution is 2.14. The van der Waals surface area contributed by atoms with Crippen LogP contribution in [0, 0.1) is 5.41 Å². The van der Waals surface area contributed by atoms with E-state index in [1.807, 2.05) is 6.20 Å². The Morgan fingerprint density at radius 1 is 1.54 bits per heavy atom. The summed E-state index contributed by atoms with van der Waals surface area (Å²) in [6.07, 6.45) is 4.11. The number of pyridine rings is 1. The predicted octanol–water partition coefficient (Wildman–Crippen LogP) is 1.68. The molecule has 0 saturated carbocycles. The van der Waals surface area contributed by atoms with E-state index in [-0.39, 0.29) is 5.84 Å². The van der Waals surface area contributed by atoms with Gasteiger partial charge in [-0.1, -0.05) is 19.9 Å². The lowest BCUT2D eigenvalue weighted by Gasteiger charge is -2.06. The van der Waals surface area contributed by atoms with Crippen LogP contribution in [0.3, 0.4) is 0 Å². The average molecular weight is 177 g/mol. The van der Waals surface area contributed by atoms with Crippen molar-refractivity contribution >= 4 is 5.84 Å². The van der Waals surface area contributed by atoms with Gasteiger partial charge in [0.25, 0.3) is 0 Å². The fourth-order valence-corrected chi connectivity index (χ4v) is 1.14. The SMILES string of the molecule is CC(C)c1cncc(CC(=N)N)c1. The molecule has 0 aromatic carbocycles. The van der Waals surface area contributed by atoms with Gasteiger partial charge in [0, 0.05) is 18.8 Å². The molecule has 3 N–H and O–H groups in total. The molecule has 0 radical (unpaired) electrons. The van der Waals surface area contributed by atoms with Gasteiger partial charge in [-0.25, -0.2) is 0 Å². The van der Waals surface area contributed by atoms with Crippen molar-refractivity contribution < 1.29 is 0 Å². The molecule has 0 atom stereocenters. The summed E-state index contributed by atoms with van der Waals surface area (Å²) in [6.45, 7) is 4.24. The molecule has 0 aliphatic carbocycles. The van der Waals surface area contributed by atoms with Gasteiger partial charge in [0.15, 0.2) is 0 Å². The van der Waals surface area contributed by atoms with Gasteiger partial charge in [0.2, 0.25) is 0 Å². The molecular formula is C10H15N3. The maximum atomic E-state index is 7.16. The van der Waals surface area contributed by atoms with Gasteiger partial charge in [-0.15, -0.1) is 0 Å². The first-order valence-corrected chi connectivity index (χ1v) is 4.36. The molecule has 1 rings (SSSR count). The highest BCUT2D eigenvalue weighted by molar-refractivity contribution is 5.79. The molecule has 0 fully saturated rings. The molecule has 70 valence electrons. The highest BCUT2D eigenvalue weighted by Gasteiger charge is 2.01. The zero-order valence-corrected chi connectivity index (χ0v) is 8.04.